The Labute approximate surface area is 214 Å². The van der Waals surface area contributed by atoms with Crippen molar-refractivity contribution in [2.45, 2.75) is 0 Å². The number of ether oxygens (including phenoxy) is 3. The Kier molecular flexibility index (Phi) is 7.90. The molecule has 37 heavy (non-hydrogen) atoms. The second-order valence-corrected chi connectivity index (χ2v) is 7.93. The average Bonchev–Trinajstić information content (AvgIpc) is 3.34. The lowest BCUT2D eigenvalue weighted by Crippen LogP contribution is -2.21. The Morgan fingerprint density at radius 3 is 2.00 bits per heavy atom. The summed E-state index contributed by atoms with van der Waals surface area (Å²) in [5.41, 5.74) is 2.64. The number of nitrogens with zero attached hydrogens (tertiary/aromatic N) is 2. The first-order valence-electron chi connectivity index (χ1n) is 11.4. The van der Waals surface area contributed by atoms with E-state index >= 15 is 0 Å². The van der Waals surface area contributed by atoms with Crippen LogP contribution in [0.4, 0.5) is 0 Å². The molecule has 8 heteroatoms. The van der Waals surface area contributed by atoms with Crippen molar-refractivity contribution < 1.29 is 29.2 Å². The number of methoxy groups -OCH3 is 2. The van der Waals surface area contributed by atoms with Gasteiger partial charge in [0.05, 0.1) is 25.6 Å². The maximum Gasteiger partial charge on any atom is 0.285 e. The molecule has 3 aromatic carbocycles. The summed E-state index contributed by atoms with van der Waals surface area (Å²) in [7, 11) is 2.96. The van der Waals surface area contributed by atoms with E-state index < -0.39 is 0 Å². The minimum atomic E-state index is -0.349. The summed E-state index contributed by atoms with van der Waals surface area (Å²) in [6, 6.07) is 20.8. The third-order valence-electron chi connectivity index (χ3n) is 5.40. The monoisotopic (exact) mass is 498 g/mol. The van der Waals surface area contributed by atoms with Crippen molar-refractivity contribution in [3.05, 3.63) is 95.3 Å². The molecule has 0 spiro atoms. The van der Waals surface area contributed by atoms with Crippen molar-refractivity contribution in [1.82, 2.24) is 9.78 Å². The van der Waals surface area contributed by atoms with Gasteiger partial charge < -0.3 is 24.4 Å². The van der Waals surface area contributed by atoms with E-state index in [1.165, 1.54) is 25.0 Å². The van der Waals surface area contributed by atoms with Crippen LogP contribution in [-0.2, 0) is 0 Å². The van der Waals surface area contributed by atoms with Gasteiger partial charge >= 0.3 is 0 Å². The van der Waals surface area contributed by atoms with E-state index in [2.05, 4.69) is 5.10 Å². The number of phenols is 2. The Balaban J connectivity index is 1.62. The molecule has 0 aliphatic rings. The Bertz CT molecular complexity index is 1440. The van der Waals surface area contributed by atoms with Gasteiger partial charge in [0.1, 0.15) is 5.75 Å². The smallest absolute Gasteiger partial charge is 0.285 e. The second kappa shape index (κ2) is 11.6. The SMILES string of the molecule is COc1cc(/C=C\c2cc(/C=C\c3ccc(O)c(OC)c3)n(C(=O)COc3ccccc3)n2)ccc1O. The quantitative estimate of drug-likeness (QED) is 0.320. The highest BCUT2D eigenvalue weighted by Gasteiger charge is 2.13. The van der Waals surface area contributed by atoms with E-state index in [0.717, 1.165) is 11.1 Å². The molecule has 4 aromatic rings. The van der Waals surface area contributed by atoms with Crippen LogP contribution in [0, 0.1) is 0 Å². The lowest BCUT2D eigenvalue weighted by molar-refractivity contribution is 0.0820. The Hall–Kier alpha value is -4.98. The molecule has 188 valence electrons. The predicted molar refractivity (Wildman–Crippen MR) is 142 cm³/mol. The van der Waals surface area contributed by atoms with Gasteiger partial charge in [0, 0.05) is 0 Å². The largest absolute Gasteiger partial charge is 0.504 e. The topological polar surface area (TPSA) is 103 Å². The number of benzene rings is 3. The van der Waals surface area contributed by atoms with Gasteiger partial charge in [-0.3, -0.25) is 4.79 Å². The van der Waals surface area contributed by atoms with Crippen LogP contribution in [0.2, 0.25) is 0 Å². The first-order valence-corrected chi connectivity index (χ1v) is 11.4. The molecule has 0 bridgehead atoms. The molecule has 4 rings (SSSR count). The molecule has 0 amide bonds. The zero-order valence-corrected chi connectivity index (χ0v) is 20.4. The van der Waals surface area contributed by atoms with E-state index in [1.54, 1.807) is 72.8 Å². The molecular weight excluding hydrogens is 472 g/mol. The third kappa shape index (κ3) is 6.37. The highest BCUT2D eigenvalue weighted by atomic mass is 16.5. The van der Waals surface area contributed by atoms with Gasteiger partial charge in [0.15, 0.2) is 29.6 Å². The number of aromatic nitrogens is 2. The molecule has 0 fully saturated rings. The van der Waals surface area contributed by atoms with Crippen LogP contribution in [0.1, 0.15) is 27.3 Å². The molecule has 0 aliphatic carbocycles. The summed E-state index contributed by atoms with van der Waals surface area (Å²) in [6.07, 6.45) is 7.10. The number of rotatable bonds is 9. The number of aromatic hydroxyl groups is 2. The van der Waals surface area contributed by atoms with Crippen molar-refractivity contribution in [3.8, 4) is 28.7 Å². The van der Waals surface area contributed by atoms with Crippen molar-refractivity contribution in [2.24, 2.45) is 0 Å². The van der Waals surface area contributed by atoms with Gasteiger partial charge in [0.2, 0.25) is 0 Å². The molecule has 0 atom stereocenters. The van der Waals surface area contributed by atoms with Crippen LogP contribution in [0.25, 0.3) is 24.3 Å². The summed E-state index contributed by atoms with van der Waals surface area (Å²) in [6.45, 7) is -0.197. The molecule has 0 unspecified atom stereocenters. The first kappa shape index (κ1) is 25.1. The summed E-state index contributed by atoms with van der Waals surface area (Å²) in [4.78, 5) is 13.0. The number of hydrogen-bond acceptors (Lipinski definition) is 7. The van der Waals surface area contributed by atoms with Crippen LogP contribution in [0.3, 0.4) is 0 Å². The maximum absolute atomic E-state index is 13.0. The van der Waals surface area contributed by atoms with E-state index in [9.17, 15) is 15.0 Å². The number of hydrogen-bond donors (Lipinski definition) is 2. The molecule has 1 aromatic heterocycles. The molecule has 0 saturated heterocycles. The molecule has 0 saturated carbocycles. The van der Waals surface area contributed by atoms with Crippen molar-refractivity contribution in [1.29, 1.82) is 0 Å². The van der Waals surface area contributed by atoms with Gasteiger partial charge in [-0.15, -0.1) is 0 Å². The number of phenolic OH excluding ortho intramolecular Hbond substituents is 2. The van der Waals surface area contributed by atoms with Gasteiger partial charge in [-0.25, -0.2) is 0 Å². The molecular formula is C29H26N2O6. The van der Waals surface area contributed by atoms with E-state index in [-0.39, 0.29) is 24.0 Å². The number of carbonyl (C=O) groups is 1. The van der Waals surface area contributed by atoms with E-state index in [1.807, 2.05) is 18.2 Å². The summed E-state index contributed by atoms with van der Waals surface area (Å²) in [5, 5.41) is 24.1. The van der Waals surface area contributed by atoms with Crippen LogP contribution < -0.4 is 14.2 Å². The summed E-state index contributed by atoms with van der Waals surface area (Å²) in [5.74, 6) is 1.02. The third-order valence-corrected chi connectivity index (χ3v) is 5.40. The zero-order chi connectivity index (χ0) is 26.2. The first-order chi connectivity index (χ1) is 18.0. The van der Waals surface area contributed by atoms with Crippen LogP contribution >= 0.6 is 0 Å². The fraction of sp³-hybridized carbons (Fsp3) is 0.103. The molecule has 8 nitrogen and oxygen atoms in total. The van der Waals surface area contributed by atoms with E-state index in [0.29, 0.717) is 28.6 Å². The molecule has 0 aliphatic heterocycles. The van der Waals surface area contributed by atoms with Crippen LogP contribution in [-0.4, -0.2) is 46.7 Å². The standard InChI is InChI=1S/C29H26N2O6/c1-35-27-16-20(10-14-25(27)32)8-12-22-18-23(13-9-21-11-15-26(33)28(17-21)36-2)31(30-22)29(34)19-37-24-6-4-3-5-7-24/h3-18,32-33H,19H2,1-2H3/b12-8-,13-9-. The highest BCUT2D eigenvalue weighted by Crippen LogP contribution is 2.28. The lowest BCUT2D eigenvalue weighted by Gasteiger charge is -2.07. The Morgan fingerprint density at radius 1 is 0.811 bits per heavy atom. The molecule has 0 radical (unpaired) electrons. The average molecular weight is 499 g/mol. The minimum absolute atomic E-state index is 0.0382. The number of carbonyl (C=O) groups excluding carboxylic acids is 1. The predicted octanol–water partition coefficient (Wildman–Crippen LogP) is 5.37. The highest BCUT2D eigenvalue weighted by molar-refractivity contribution is 5.84. The Morgan fingerprint density at radius 2 is 1.41 bits per heavy atom. The van der Waals surface area contributed by atoms with Gasteiger partial charge in [-0.1, -0.05) is 42.5 Å². The van der Waals surface area contributed by atoms with Gasteiger partial charge in [-0.2, -0.15) is 9.78 Å². The number of para-hydroxylation sites is 1. The normalized spacial score (nSPS) is 11.2. The van der Waals surface area contributed by atoms with Gasteiger partial charge in [0.25, 0.3) is 5.91 Å². The van der Waals surface area contributed by atoms with Crippen molar-refractivity contribution in [2.75, 3.05) is 20.8 Å². The van der Waals surface area contributed by atoms with E-state index in [4.69, 9.17) is 14.2 Å². The minimum Gasteiger partial charge on any atom is -0.504 e. The summed E-state index contributed by atoms with van der Waals surface area (Å²) >= 11 is 0. The van der Waals surface area contributed by atoms with Crippen LogP contribution in [0.15, 0.2) is 72.8 Å². The second-order valence-electron chi connectivity index (χ2n) is 7.93. The maximum atomic E-state index is 13.0. The lowest BCUT2D eigenvalue weighted by atomic mass is 10.1. The van der Waals surface area contributed by atoms with Crippen molar-refractivity contribution in [3.63, 3.8) is 0 Å². The fourth-order valence-corrected chi connectivity index (χ4v) is 3.50. The summed E-state index contributed by atoms with van der Waals surface area (Å²) < 4.78 is 17.2. The fourth-order valence-electron chi connectivity index (χ4n) is 3.50. The zero-order valence-electron chi connectivity index (χ0n) is 20.4. The van der Waals surface area contributed by atoms with Crippen LogP contribution in [0.5, 0.6) is 28.7 Å². The molecule has 1 heterocycles. The van der Waals surface area contributed by atoms with Gasteiger partial charge in [-0.05, 0) is 65.7 Å². The van der Waals surface area contributed by atoms with Crippen molar-refractivity contribution >= 4 is 30.2 Å². The molecule has 2 N–H and O–H groups in total.